The number of carbonyl (C=O) groups is 1. The smallest absolute Gasteiger partial charge is 0.238 e. The van der Waals surface area contributed by atoms with Crippen LogP contribution >= 0.6 is 11.6 Å². The van der Waals surface area contributed by atoms with E-state index in [1.165, 1.54) is 0 Å². The number of halogens is 1. The van der Waals surface area contributed by atoms with Crippen molar-refractivity contribution in [3.8, 4) is 0 Å². The summed E-state index contributed by atoms with van der Waals surface area (Å²) in [6, 6.07) is 7.29. The summed E-state index contributed by atoms with van der Waals surface area (Å²) < 4.78 is 2.05. The maximum Gasteiger partial charge on any atom is 0.238 e. The van der Waals surface area contributed by atoms with Crippen molar-refractivity contribution < 1.29 is 4.79 Å². The Kier molecular flexibility index (Phi) is 5.50. The maximum atomic E-state index is 12.2. The van der Waals surface area contributed by atoms with Gasteiger partial charge in [0.1, 0.15) is 5.82 Å². The van der Waals surface area contributed by atoms with Gasteiger partial charge in [0.05, 0.1) is 23.8 Å². The first-order valence-corrected chi connectivity index (χ1v) is 8.45. The van der Waals surface area contributed by atoms with Gasteiger partial charge in [0, 0.05) is 45.6 Å². The summed E-state index contributed by atoms with van der Waals surface area (Å²) in [5, 5.41) is 3.43. The minimum absolute atomic E-state index is 0.0272. The van der Waals surface area contributed by atoms with E-state index in [1.807, 2.05) is 42.2 Å². The lowest BCUT2D eigenvalue weighted by molar-refractivity contribution is -0.117. The number of aromatic nitrogens is 2. The lowest BCUT2D eigenvalue weighted by Gasteiger charge is -2.34. The molecule has 2 heterocycles. The van der Waals surface area contributed by atoms with Gasteiger partial charge in [-0.25, -0.2) is 4.98 Å². The number of para-hydroxylation sites is 1. The number of anilines is 1. The molecule has 0 atom stereocenters. The molecule has 1 fully saturated rings. The van der Waals surface area contributed by atoms with Gasteiger partial charge in [-0.05, 0) is 12.1 Å². The van der Waals surface area contributed by atoms with Crippen LogP contribution in [0.15, 0.2) is 36.7 Å². The minimum Gasteiger partial charge on any atom is -0.337 e. The molecule has 128 valence electrons. The molecule has 1 aromatic heterocycles. The first-order chi connectivity index (χ1) is 11.6. The highest BCUT2D eigenvalue weighted by Gasteiger charge is 2.20. The van der Waals surface area contributed by atoms with Crippen LogP contribution < -0.4 is 5.32 Å². The molecule has 0 radical (unpaired) electrons. The molecule has 1 N–H and O–H groups in total. The topological polar surface area (TPSA) is 53.4 Å². The largest absolute Gasteiger partial charge is 0.337 e. The van der Waals surface area contributed by atoms with Crippen molar-refractivity contribution in [1.82, 2.24) is 19.4 Å². The highest BCUT2D eigenvalue weighted by atomic mass is 35.5. The lowest BCUT2D eigenvalue weighted by atomic mass is 10.3. The summed E-state index contributed by atoms with van der Waals surface area (Å²) in [6.07, 6.45) is 3.79. The second-order valence-electron chi connectivity index (χ2n) is 6.03. The standard InChI is InChI=1S/C17H22ClN5O/c1-21-7-6-19-16(21)12-22-8-10-23(11-9-22)13-17(24)20-15-5-3-2-4-14(15)18/h2-7H,8-13H2,1H3,(H,20,24). The Morgan fingerprint density at radius 3 is 2.58 bits per heavy atom. The van der Waals surface area contributed by atoms with Gasteiger partial charge in [-0.15, -0.1) is 0 Å². The summed E-state index contributed by atoms with van der Waals surface area (Å²) in [5.41, 5.74) is 0.664. The molecule has 1 aromatic carbocycles. The number of hydrogen-bond acceptors (Lipinski definition) is 4. The molecule has 0 saturated carbocycles. The van der Waals surface area contributed by atoms with Gasteiger partial charge in [-0.1, -0.05) is 23.7 Å². The number of amides is 1. The van der Waals surface area contributed by atoms with Crippen molar-refractivity contribution in [2.45, 2.75) is 6.54 Å². The molecule has 1 saturated heterocycles. The molecule has 2 aromatic rings. The number of piperazine rings is 1. The summed E-state index contributed by atoms with van der Waals surface area (Å²) in [6.45, 7) is 4.86. The third-order valence-electron chi connectivity index (χ3n) is 4.27. The van der Waals surface area contributed by atoms with Gasteiger partial charge in [-0.3, -0.25) is 14.6 Å². The predicted molar refractivity (Wildman–Crippen MR) is 95.0 cm³/mol. The van der Waals surface area contributed by atoms with Gasteiger partial charge < -0.3 is 9.88 Å². The molecule has 1 aliphatic rings. The average molecular weight is 348 g/mol. The SMILES string of the molecule is Cn1ccnc1CN1CCN(CC(=O)Nc2ccccc2Cl)CC1. The molecule has 0 unspecified atom stereocenters. The summed E-state index contributed by atoms with van der Waals surface area (Å²) in [5.74, 6) is 1.04. The van der Waals surface area contributed by atoms with Gasteiger partial charge in [0.2, 0.25) is 5.91 Å². The number of nitrogens with zero attached hydrogens (tertiary/aromatic N) is 4. The predicted octanol–water partition coefficient (Wildman–Crippen LogP) is 1.83. The van der Waals surface area contributed by atoms with Crippen molar-refractivity contribution in [1.29, 1.82) is 0 Å². The van der Waals surface area contributed by atoms with E-state index in [4.69, 9.17) is 11.6 Å². The molecule has 0 aliphatic carbocycles. The Bertz CT molecular complexity index is 694. The van der Waals surface area contributed by atoms with Crippen molar-refractivity contribution in [3.63, 3.8) is 0 Å². The van der Waals surface area contributed by atoms with E-state index in [0.29, 0.717) is 17.3 Å². The van der Waals surface area contributed by atoms with Crippen LogP contribution in [0.5, 0.6) is 0 Å². The molecule has 7 heteroatoms. The maximum absolute atomic E-state index is 12.2. The number of rotatable bonds is 5. The molecular weight excluding hydrogens is 326 g/mol. The van der Waals surface area contributed by atoms with Gasteiger partial charge in [-0.2, -0.15) is 0 Å². The van der Waals surface area contributed by atoms with Gasteiger partial charge >= 0.3 is 0 Å². The number of imidazole rings is 1. The van der Waals surface area contributed by atoms with Gasteiger partial charge in [0.15, 0.2) is 0 Å². The Hall–Kier alpha value is -1.89. The normalized spacial score (nSPS) is 16.2. The van der Waals surface area contributed by atoms with E-state index in [9.17, 15) is 4.79 Å². The van der Waals surface area contributed by atoms with E-state index >= 15 is 0 Å². The second-order valence-corrected chi connectivity index (χ2v) is 6.44. The summed E-state index contributed by atoms with van der Waals surface area (Å²) in [7, 11) is 2.01. The summed E-state index contributed by atoms with van der Waals surface area (Å²) in [4.78, 5) is 21.1. The van der Waals surface area contributed by atoms with Crippen LogP contribution in [0.1, 0.15) is 5.82 Å². The van der Waals surface area contributed by atoms with Crippen LogP contribution in [-0.2, 0) is 18.4 Å². The van der Waals surface area contributed by atoms with Crippen molar-refractivity contribution >= 4 is 23.2 Å². The quantitative estimate of drug-likeness (QED) is 0.896. The molecule has 0 spiro atoms. The first kappa shape index (κ1) is 17.0. The van der Waals surface area contributed by atoms with Crippen molar-refractivity contribution in [3.05, 3.63) is 47.5 Å². The number of carbonyl (C=O) groups excluding carboxylic acids is 1. The third kappa shape index (κ3) is 4.35. The highest BCUT2D eigenvalue weighted by Crippen LogP contribution is 2.20. The van der Waals surface area contributed by atoms with E-state index < -0.39 is 0 Å². The fraction of sp³-hybridized carbons (Fsp3) is 0.412. The molecular formula is C17H22ClN5O. The van der Waals surface area contributed by atoms with E-state index in [-0.39, 0.29) is 5.91 Å². The highest BCUT2D eigenvalue weighted by molar-refractivity contribution is 6.33. The zero-order valence-electron chi connectivity index (χ0n) is 13.8. The lowest BCUT2D eigenvalue weighted by Crippen LogP contribution is -2.48. The number of nitrogens with one attached hydrogen (secondary N) is 1. The number of aryl methyl sites for hydroxylation is 1. The van der Waals surface area contributed by atoms with Crippen LogP contribution in [0.2, 0.25) is 5.02 Å². The Morgan fingerprint density at radius 1 is 1.21 bits per heavy atom. The second kappa shape index (κ2) is 7.79. The molecule has 1 amide bonds. The Balaban J connectivity index is 1.44. The molecule has 1 aliphatic heterocycles. The van der Waals surface area contributed by atoms with Crippen LogP contribution in [0.4, 0.5) is 5.69 Å². The van der Waals surface area contributed by atoms with Crippen LogP contribution in [0.3, 0.4) is 0 Å². The monoisotopic (exact) mass is 347 g/mol. The molecule has 3 rings (SSSR count). The number of benzene rings is 1. The van der Waals surface area contributed by atoms with Crippen molar-refractivity contribution in [2.24, 2.45) is 7.05 Å². The van der Waals surface area contributed by atoms with E-state index in [1.54, 1.807) is 6.07 Å². The van der Waals surface area contributed by atoms with Crippen molar-refractivity contribution in [2.75, 3.05) is 38.0 Å². The zero-order chi connectivity index (χ0) is 16.9. The number of hydrogen-bond donors (Lipinski definition) is 1. The molecule has 6 nitrogen and oxygen atoms in total. The fourth-order valence-corrected chi connectivity index (χ4v) is 2.99. The first-order valence-electron chi connectivity index (χ1n) is 8.07. The van der Waals surface area contributed by atoms with E-state index in [2.05, 4.69) is 20.1 Å². The zero-order valence-corrected chi connectivity index (χ0v) is 14.5. The van der Waals surface area contributed by atoms with E-state index in [0.717, 1.165) is 38.5 Å². The third-order valence-corrected chi connectivity index (χ3v) is 4.60. The Morgan fingerprint density at radius 2 is 1.92 bits per heavy atom. The Labute approximate surface area is 147 Å². The molecule has 0 bridgehead atoms. The fourth-order valence-electron chi connectivity index (χ4n) is 2.81. The van der Waals surface area contributed by atoms with Crippen LogP contribution in [0, 0.1) is 0 Å². The average Bonchev–Trinajstić information content (AvgIpc) is 2.96. The molecule has 24 heavy (non-hydrogen) atoms. The summed E-state index contributed by atoms with van der Waals surface area (Å²) >= 11 is 6.07. The van der Waals surface area contributed by atoms with Crippen LogP contribution in [0.25, 0.3) is 0 Å². The van der Waals surface area contributed by atoms with Crippen LogP contribution in [-0.4, -0.2) is 58.0 Å². The minimum atomic E-state index is -0.0272. The van der Waals surface area contributed by atoms with Gasteiger partial charge in [0.25, 0.3) is 0 Å².